The van der Waals surface area contributed by atoms with Crippen molar-refractivity contribution in [1.82, 2.24) is 0 Å². The van der Waals surface area contributed by atoms with Gasteiger partial charge in [0.05, 0.1) is 5.69 Å². The number of benzene rings is 1. The Morgan fingerprint density at radius 3 is 2.52 bits per heavy atom. The molecule has 0 spiro atoms. The number of aromatic hydroxyl groups is 1. The van der Waals surface area contributed by atoms with Gasteiger partial charge < -0.3 is 15.9 Å². The fraction of sp³-hybridized carbons (Fsp3) is 0.542. The molecule has 0 amide bonds. The van der Waals surface area contributed by atoms with Crippen molar-refractivity contribution in [3.8, 4) is 5.75 Å². The number of fused-ring (bicyclic) bond motifs is 3. The lowest BCUT2D eigenvalue weighted by molar-refractivity contribution is -0.137. The highest BCUT2D eigenvalue weighted by Crippen LogP contribution is 2.58. The number of nitrogen functional groups attached to an aromatic ring is 1. The van der Waals surface area contributed by atoms with E-state index in [1.54, 1.807) is 29.9 Å². The quantitative estimate of drug-likeness (QED) is 0.375. The van der Waals surface area contributed by atoms with Gasteiger partial charge in [-0.05, 0) is 74.5 Å². The van der Waals surface area contributed by atoms with Crippen molar-refractivity contribution in [2.75, 3.05) is 5.73 Å². The largest absolute Gasteiger partial charge is 0.508 e. The van der Waals surface area contributed by atoms with Crippen LogP contribution < -0.4 is 5.73 Å². The fourth-order valence-corrected chi connectivity index (χ4v) is 5.12. The minimum atomic E-state index is -0.709. The summed E-state index contributed by atoms with van der Waals surface area (Å²) in [5, 5.41) is 20.1. The van der Waals surface area contributed by atoms with Crippen molar-refractivity contribution in [2.24, 2.45) is 17.3 Å². The van der Waals surface area contributed by atoms with Gasteiger partial charge in [-0.3, -0.25) is 4.79 Å². The van der Waals surface area contributed by atoms with Gasteiger partial charge >= 0.3 is 5.97 Å². The van der Waals surface area contributed by atoms with Crippen molar-refractivity contribution < 1.29 is 15.0 Å². The maximum atomic E-state index is 9.94. The van der Waals surface area contributed by atoms with E-state index in [1.807, 2.05) is 30.5 Å². The smallest absolute Gasteiger partial charge is 0.303 e. The zero-order valence-corrected chi connectivity index (χ0v) is 18.7. The summed E-state index contributed by atoms with van der Waals surface area (Å²) in [4.78, 5) is 9.94. The summed E-state index contributed by atoms with van der Waals surface area (Å²) in [6.45, 7) is 6.83. The molecule has 2 unspecified atom stereocenters. The number of aliphatic carboxylic acids is 1. The van der Waals surface area contributed by atoms with Crippen LogP contribution in [0.3, 0.4) is 0 Å². The summed E-state index contributed by atoms with van der Waals surface area (Å²) in [7, 11) is 0. The van der Waals surface area contributed by atoms with Crippen LogP contribution in [0.25, 0.3) is 10.1 Å². The van der Waals surface area contributed by atoms with Gasteiger partial charge in [0.15, 0.2) is 0 Å². The Kier molecular flexibility index (Phi) is 8.57. The number of anilines is 1. The Morgan fingerprint density at radius 2 is 2.00 bits per heavy atom. The number of hydrogen-bond donors (Lipinski definition) is 3. The molecule has 29 heavy (non-hydrogen) atoms. The summed E-state index contributed by atoms with van der Waals surface area (Å²) in [6, 6.07) is 5.21. The molecule has 2 bridgehead atoms. The van der Waals surface area contributed by atoms with Crippen LogP contribution in [-0.2, 0) is 4.79 Å². The highest BCUT2D eigenvalue weighted by atomic mass is 32.1. The summed E-state index contributed by atoms with van der Waals surface area (Å²) in [5.41, 5.74) is 7.12. The molecule has 5 heteroatoms. The van der Waals surface area contributed by atoms with Crippen molar-refractivity contribution in [3.63, 3.8) is 0 Å². The molecular formula is C24H35NO3S. The third kappa shape index (κ3) is 6.49. The van der Waals surface area contributed by atoms with Crippen molar-refractivity contribution in [3.05, 3.63) is 35.7 Å². The Bertz CT molecular complexity index is 809. The van der Waals surface area contributed by atoms with E-state index in [-0.39, 0.29) is 12.2 Å². The third-order valence-corrected chi connectivity index (χ3v) is 7.34. The summed E-state index contributed by atoms with van der Waals surface area (Å²) >= 11 is 1.59. The maximum Gasteiger partial charge on any atom is 0.303 e. The molecule has 0 radical (unpaired) electrons. The topological polar surface area (TPSA) is 83.5 Å². The fourth-order valence-electron chi connectivity index (χ4n) is 4.29. The maximum absolute atomic E-state index is 9.94. The van der Waals surface area contributed by atoms with Gasteiger partial charge in [0.25, 0.3) is 0 Å². The molecule has 0 saturated heterocycles. The predicted molar refractivity (Wildman–Crippen MR) is 123 cm³/mol. The summed E-state index contributed by atoms with van der Waals surface area (Å²) in [6.07, 6.45) is 11.9. The molecule has 3 fully saturated rings. The van der Waals surface area contributed by atoms with Crippen LogP contribution in [0.2, 0.25) is 0 Å². The number of phenols is 1. The lowest BCUT2D eigenvalue weighted by atomic mass is 9.49. The van der Waals surface area contributed by atoms with E-state index in [4.69, 9.17) is 15.9 Å². The van der Waals surface area contributed by atoms with Crippen LogP contribution in [0, 0.1) is 17.3 Å². The zero-order chi connectivity index (χ0) is 21.4. The number of carboxylic acid groups (broad SMARTS) is 1. The highest BCUT2D eigenvalue weighted by molar-refractivity contribution is 7.17. The number of hydrogen-bond acceptors (Lipinski definition) is 4. The number of rotatable bonds is 4. The van der Waals surface area contributed by atoms with Gasteiger partial charge in [0, 0.05) is 21.9 Å². The van der Waals surface area contributed by atoms with Crippen LogP contribution >= 0.6 is 11.3 Å². The molecule has 2 atom stereocenters. The standard InChI is InChI=1S/C9H16.C8H7NOS.C7H12O2/c1-9(2)7-4-3-5-8(9)6-7;9-7-4-11-8-2-1-5(10)3-6(7)8;1-2-3-4-5-6-7(8)9/h7-8H,3-6H2,1-2H3;1-4,10H,9H2;2-3H,4-6H2,1H3,(H,8,9)/b;;3-2-. The molecule has 160 valence electrons. The van der Waals surface area contributed by atoms with E-state index in [9.17, 15) is 4.79 Å². The Morgan fingerprint density at radius 1 is 1.31 bits per heavy atom. The van der Waals surface area contributed by atoms with Gasteiger partial charge in [-0.15, -0.1) is 11.3 Å². The molecule has 1 aromatic carbocycles. The van der Waals surface area contributed by atoms with Crippen LogP contribution in [0.5, 0.6) is 5.75 Å². The van der Waals surface area contributed by atoms with Crippen molar-refractivity contribution in [1.29, 1.82) is 0 Å². The van der Waals surface area contributed by atoms with Gasteiger partial charge in [-0.25, -0.2) is 0 Å². The van der Waals surface area contributed by atoms with E-state index in [2.05, 4.69) is 13.8 Å². The Hall–Kier alpha value is -2.01. The first kappa shape index (κ1) is 23.3. The van der Waals surface area contributed by atoms with E-state index >= 15 is 0 Å². The molecule has 2 aromatic rings. The van der Waals surface area contributed by atoms with Crippen LogP contribution in [0.15, 0.2) is 35.7 Å². The molecule has 1 aromatic heterocycles. The zero-order valence-electron chi connectivity index (χ0n) is 17.9. The number of phenolic OH excluding ortho intramolecular Hbond substituents is 1. The average Bonchev–Trinajstić information content (AvgIpc) is 3.07. The molecule has 4 nitrogen and oxygen atoms in total. The lowest BCUT2D eigenvalue weighted by Crippen LogP contribution is -2.47. The number of allylic oxidation sites excluding steroid dienone is 2. The molecular weight excluding hydrogens is 382 g/mol. The highest BCUT2D eigenvalue weighted by Gasteiger charge is 2.49. The normalized spacial score (nSPS) is 21.5. The third-order valence-electron chi connectivity index (χ3n) is 6.36. The second-order valence-corrected chi connectivity index (χ2v) is 9.52. The first-order valence-corrected chi connectivity index (χ1v) is 11.4. The summed E-state index contributed by atoms with van der Waals surface area (Å²) in [5.74, 6) is 1.75. The van der Waals surface area contributed by atoms with Crippen molar-refractivity contribution in [2.45, 2.75) is 65.7 Å². The molecule has 3 aliphatic carbocycles. The lowest BCUT2D eigenvalue weighted by Gasteiger charge is -2.56. The monoisotopic (exact) mass is 417 g/mol. The second-order valence-electron chi connectivity index (χ2n) is 8.61. The molecule has 0 aliphatic heterocycles. The first-order chi connectivity index (χ1) is 13.8. The first-order valence-electron chi connectivity index (χ1n) is 10.5. The molecule has 4 N–H and O–H groups in total. The Labute approximate surface area is 178 Å². The average molecular weight is 418 g/mol. The summed E-state index contributed by atoms with van der Waals surface area (Å²) < 4.78 is 1.11. The van der Waals surface area contributed by atoms with Crippen LogP contribution in [0.1, 0.15) is 65.7 Å². The van der Waals surface area contributed by atoms with E-state index < -0.39 is 5.97 Å². The number of carboxylic acids is 1. The molecule has 3 saturated carbocycles. The number of carbonyl (C=O) groups is 1. The van der Waals surface area contributed by atoms with E-state index in [0.29, 0.717) is 0 Å². The molecule has 3 aliphatic rings. The van der Waals surface area contributed by atoms with E-state index in [0.717, 1.165) is 45.9 Å². The Balaban J connectivity index is 0.000000157. The minimum Gasteiger partial charge on any atom is -0.508 e. The predicted octanol–water partition coefficient (Wildman–Crippen LogP) is 6.84. The van der Waals surface area contributed by atoms with Crippen LogP contribution in [-0.4, -0.2) is 16.2 Å². The van der Waals surface area contributed by atoms with Crippen molar-refractivity contribution >= 4 is 33.1 Å². The SMILES string of the molecule is C/C=C\CCCC(=O)O.CC1(C)C2CCCC1C2.Nc1csc2ccc(O)cc12. The van der Waals surface area contributed by atoms with Gasteiger partial charge in [0.1, 0.15) is 5.75 Å². The number of nitrogens with two attached hydrogens (primary N) is 1. The van der Waals surface area contributed by atoms with Crippen LogP contribution in [0.4, 0.5) is 5.69 Å². The number of thiophene rings is 1. The molecule has 5 rings (SSSR count). The van der Waals surface area contributed by atoms with Gasteiger partial charge in [-0.1, -0.05) is 32.4 Å². The molecule has 1 heterocycles. The van der Waals surface area contributed by atoms with Gasteiger partial charge in [0.2, 0.25) is 0 Å². The second kappa shape index (κ2) is 10.7. The van der Waals surface area contributed by atoms with Gasteiger partial charge in [-0.2, -0.15) is 0 Å². The van der Waals surface area contributed by atoms with E-state index in [1.165, 1.54) is 19.3 Å². The minimum absolute atomic E-state index is 0.266. The number of unbranched alkanes of at least 4 members (excludes halogenated alkanes) is 1.